The summed E-state index contributed by atoms with van der Waals surface area (Å²) >= 11 is 0. The van der Waals surface area contributed by atoms with E-state index in [4.69, 9.17) is 23.7 Å². The highest BCUT2D eigenvalue weighted by Gasteiger charge is 2.54. The van der Waals surface area contributed by atoms with Gasteiger partial charge in [-0.05, 0) is 91.4 Å². The third-order valence-electron chi connectivity index (χ3n) is 13.7. The van der Waals surface area contributed by atoms with Crippen LogP contribution in [0.3, 0.4) is 0 Å². The largest absolute Gasteiger partial charge is 0.459 e. The lowest BCUT2D eigenvalue weighted by Gasteiger charge is -2.51. The fourth-order valence-corrected chi connectivity index (χ4v) is 9.77. The van der Waals surface area contributed by atoms with Gasteiger partial charge in [0.15, 0.2) is 6.29 Å². The number of carbonyl (C=O) groups excluding carboxylic acids is 1. The van der Waals surface area contributed by atoms with Crippen molar-refractivity contribution in [3.63, 3.8) is 0 Å². The number of ether oxygens (including phenoxy) is 5. The van der Waals surface area contributed by atoms with Crippen LogP contribution < -0.4 is 0 Å². The van der Waals surface area contributed by atoms with Gasteiger partial charge in [-0.25, -0.2) is 0 Å². The fourth-order valence-electron chi connectivity index (χ4n) is 9.77. The summed E-state index contributed by atoms with van der Waals surface area (Å²) in [6, 6.07) is 0. The van der Waals surface area contributed by atoms with E-state index in [9.17, 15) is 30.3 Å². The van der Waals surface area contributed by atoms with Gasteiger partial charge in [0.2, 0.25) is 0 Å². The van der Waals surface area contributed by atoms with Gasteiger partial charge in [0.1, 0.15) is 23.9 Å². The summed E-state index contributed by atoms with van der Waals surface area (Å²) in [5.41, 5.74) is -3.16. The van der Waals surface area contributed by atoms with Gasteiger partial charge in [-0.1, -0.05) is 66.0 Å². The zero-order chi connectivity index (χ0) is 40.4. The Balaban J connectivity index is 2.22. The minimum Gasteiger partial charge on any atom is -0.459 e. The summed E-state index contributed by atoms with van der Waals surface area (Å²) in [6.07, 6.45) is -2.67. The Morgan fingerprint density at radius 2 is 1.55 bits per heavy atom. The van der Waals surface area contributed by atoms with Crippen molar-refractivity contribution in [3.8, 4) is 0 Å². The molecule has 11 heteroatoms. The van der Waals surface area contributed by atoms with Crippen molar-refractivity contribution in [2.75, 3.05) is 7.11 Å². The molecule has 0 radical (unpaired) electrons. The molecule has 3 heterocycles. The molecule has 19 atom stereocenters. The average molecular weight is 757 g/mol. The average Bonchev–Trinajstić information content (AvgIpc) is 3.09. The number of hydrogen-bond donors (Lipinski definition) is 5. The molecule has 3 saturated heterocycles. The zero-order valence-corrected chi connectivity index (χ0v) is 35.2. The van der Waals surface area contributed by atoms with Crippen molar-refractivity contribution in [2.24, 2.45) is 41.4 Å². The van der Waals surface area contributed by atoms with Crippen LogP contribution in [-0.4, -0.2) is 111 Å². The maximum atomic E-state index is 14.4. The van der Waals surface area contributed by atoms with Crippen LogP contribution in [0.4, 0.5) is 0 Å². The molecule has 310 valence electrons. The van der Waals surface area contributed by atoms with Crippen LogP contribution in [0.25, 0.3) is 0 Å². The van der Waals surface area contributed by atoms with Crippen molar-refractivity contribution in [1.82, 2.24) is 0 Å². The van der Waals surface area contributed by atoms with Crippen LogP contribution in [0.2, 0.25) is 0 Å². The second-order valence-corrected chi connectivity index (χ2v) is 18.1. The van der Waals surface area contributed by atoms with Gasteiger partial charge in [0.05, 0.1) is 47.6 Å². The summed E-state index contributed by atoms with van der Waals surface area (Å²) in [5.74, 6) is -3.17. The van der Waals surface area contributed by atoms with E-state index in [0.29, 0.717) is 12.8 Å². The second kappa shape index (κ2) is 18.4. The van der Waals surface area contributed by atoms with Crippen LogP contribution in [0.5, 0.6) is 0 Å². The molecule has 53 heavy (non-hydrogen) atoms. The lowest BCUT2D eigenvalue weighted by atomic mass is 9.68. The topological polar surface area (TPSA) is 164 Å². The fraction of sp³-hybridized carbons (Fsp3) is 0.929. The lowest BCUT2D eigenvalue weighted by molar-refractivity contribution is -0.300. The summed E-state index contributed by atoms with van der Waals surface area (Å²) in [5, 5.41) is 58.9. The molecule has 3 rings (SSSR count). The van der Waals surface area contributed by atoms with E-state index in [1.807, 2.05) is 61.5 Å². The summed E-state index contributed by atoms with van der Waals surface area (Å²) in [7, 11) is 1.55. The maximum Gasteiger partial charge on any atom is 0.309 e. The molecule has 6 unspecified atom stereocenters. The van der Waals surface area contributed by atoms with Crippen LogP contribution >= 0.6 is 0 Å². The number of rotatable bonds is 6. The zero-order valence-electron chi connectivity index (χ0n) is 35.2. The first-order valence-electron chi connectivity index (χ1n) is 20.3. The van der Waals surface area contributed by atoms with Crippen LogP contribution in [0, 0.1) is 41.4 Å². The van der Waals surface area contributed by atoms with Gasteiger partial charge in [-0.15, -0.1) is 0 Å². The van der Waals surface area contributed by atoms with Gasteiger partial charge < -0.3 is 49.2 Å². The monoisotopic (exact) mass is 757 g/mol. The lowest BCUT2D eigenvalue weighted by Crippen LogP contribution is -2.61. The van der Waals surface area contributed by atoms with Gasteiger partial charge in [0.25, 0.3) is 0 Å². The molecule has 5 N–H and O–H groups in total. The maximum absolute atomic E-state index is 14.4. The predicted molar refractivity (Wildman–Crippen MR) is 204 cm³/mol. The van der Waals surface area contributed by atoms with Crippen molar-refractivity contribution in [2.45, 2.75) is 200 Å². The first kappa shape index (κ1) is 46.2. The molecule has 0 aromatic heterocycles. The molecule has 0 saturated carbocycles. The Morgan fingerprint density at radius 3 is 2.11 bits per heavy atom. The molecular weight excluding hydrogens is 680 g/mol. The van der Waals surface area contributed by atoms with E-state index in [1.54, 1.807) is 27.9 Å². The first-order chi connectivity index (χ1) is 24.5. The third kappa shape index (κ3) is 10.2. The van der Waals surface area contributed by atoms with Crippen molar-refractivity contribution in [1.29, 1.82) is 0 Å². The van der Waals surface area contributed by atoms with Crippen LogP contribution in [0.15, 0.2) is 11.6 Å². The molecule has 11 nitrogen and oxygen atoms in total. The first-order valence-corrected chi connectivity index (χ1v) is 20.3. The number of aliphatic hydroxyl groups excluding tert-OH is 3. The molecule has 3 fully saturated rings. The molecule has 0 aliphatic carbocycles. The molecule has 0 bridgehead atoms. The SMILES string of the molecule is CC=C(C)C1CC(C)OC(O[C@@H]2[C@@H](C)C([C@H]3C[C@@](C)(OC)[C@@H](O)C(C)O3)[C@@H](C)C(=O)O[C@H](CC)[C@@](C)(O)[C@H](O)[C@@H](C)C(C)CC[C@H](C)C[C@@]2(C)O)[C@@H]1O. The Labute approximate surface area is 320 Å². The van der Waals surface area contributed by atoms with Gasteiger partial charge in [-0.2, -0.15) is 0 Å². The number of aliphatic hydroxyl groups is 5. The number of carbonyl (C=O) groups is 1. The number of hydrogen-bond acceptors (Lipinski definition) is 11. The Kier molecular flexibility index (Phi) is 16.1. The minimum absolute atomic E-state index is 0.0224. The smallest absolute Gasteiger partial charge is 0.309 e. The van der Waals surface area contributed by atoms with E-state index in [1.165, 1.54) is 6.92 Å². The number of methoxy groups -OCH3 is 1. The molecule has 0 spiro atoms. The molecule has 0 aromatic carbocycles. The van der Waals surface area contributed by atoms with Crippen LogP contribution in [0.1, 0.15) is 129 Å². The number of allylic oxidation sites excluding steroid dienone is 1. The number of cyclic esters (lactones) is 1. The van der Waals surface area contributed by atoms with E-state index in [-0.39, 0.29) is 42.6 Å². The van der Waals surface area contributed by atoms with Crippen LogP contribution in [-0.2, 0) is 28.5 Å². The molecular formula is C42H76O11. The standard InChI is InChI=1S/C42H76O11/c1-15-23(4)30-19-25(6)50-39(34(30)43)53-37-27(8)33(31-21-41(12,49-14)36(45)29(10)51-31)28(9)38(46)52-32(16-2)42(13,48)35(44)26(7)24(5)18-17-22(3)20-40(37,11)47/h15,22,24-37,39,43-45,47-48H,16-21H2,1-14H3/t22-,24?,25?,26-,27-,28+,29?,30?,31+,32+,33?,34+,35+,36-,37+,39?,40+,41+,42+/m0/s1. The van der Waals surface area contributed by atoms with E-state index in [0.717, 1.165) is 18.4 Å². The highest BCUT2D eigenvalue weighted by molar-refractivity contribution is 5.73. The molecule has 0 aromatic rings. The van der Waals surface area contributed by atoms with Crippen molar-refractivity contribution in [3.05, 3.63) is 11.6 Å². The minimum atomic E-state index is -1.72. The Morgan fingerprint density at radius 1 is 0.925 bits per heavy atom. The third-order valence-corrected chi connectivity index (χ3v) is 13.7. The van der Waals surface area contributed by atoms with Crippen molar-refractivity contribution < 1.29 is 54.0 Å². The van der Waals surface area contributed by atoms with E-state index in [2.05, 4.69) is 6.92 Å². The van der Waals surface area contributed by atoms with E-state index < -0.39 is 89.5 Å². The molecule has 3 aliphatic heterocycles. The second-order valence-electron chi connectivity index (χ2n) is 18.1. The summed E-state index contributed by atoms with van der Waals surface area (Å²) in [4.78, 5) is 14.4. The highest BCUT2D eigenvalue weighted by atomic mass is 16.7. The Hall–Kier alpha value is -1.15. The quantitative estimate of drug-likeness (QED) is 0.170. The molecule has 3 aliphatic rings. The van der Waals surface area contributed by atoms with Gasteiger partial charge in [0, 0.05) is 25.4 Å². The normalized spacial score (nSPS) is 50.4. The summed E-state index contributed by atoms with van der Waals surface area (Å²) < 4.78 is 31.8. The predicted octanol–water partition coefficient (Wildman–Crippen LogP) is 5.56. The van der Waals surface area contributed by atoms with E-state index >= 15 is 0 Å². The number of esters is 1. The molecule has 0 amide bonds. The Bertz CT molecular complexity index is 1210. The van der Waals surface area contributed by atoms with Gasteiger partial charge >= 0.3 is 5.97 Å². The van der Waals surface area contributed by atoms with Gasteiger partial charge in [-0.3, -0.25) is 4.79 Å². The summed E-state index contributed by atoms with van der Waals surface area (Å²) in [6.45, 7) is 24.3. The highest BCUT2D eigenvalue weighted by Crippen LogP contribution is 2.45. The van der Waals surface area contributed by atoms with Crippen molar-refractivity contribution >= 4 is 5.97 Å².